The van der Waals surface area contributed by atoms with Crippen LogP contribution in [0.1, 0.15) is 17.9 Å². The third kappa shape index (κ3) is 3.86. The number of aromatic nitrogens is 1. The zero-order chi connectivity index (χ0) is 19.0. The number of carbonyl (C=O) groups is 2. The summed E-state index contributed by atoms with van der Waals surface area (Å²) in [7, 11) is 0. The topological polar surface area (TPSA) is 71.1 Å². The molecule has 2 aromatic carbocycles. The maximum Gasteiger partial charge on any atom is 0.234 e. The Bertz CT molecular complexity index is 1040. The summed E-state index contributed by atoms with van der Waals surface area (Å²) in [6.45, 7) is 0. The van der Waals surface area contributed by atoms with Gasteiger partial charge >= 0.3 is 0 Å². The van der Waals surface area contributed by atoms with E-state index in [-0.39, 0.29) is 18.2 Å². The van der Waals surface area contributed by atoms with Crippen LogP contribution in [-0.2, 0) is 9.59 Å². The molecule has 1 aliphatic rings. The van der Waals surface area contributed by atoms with Crippen molar-refractivity contribution in [3.8, 4) is 11.3 Å². The van der Waals surface area contributed by atoms with Crippen LogP contribution >= 0.6 is 33.9 Å². The first kappa shape index (κ1) is 18.1. The van der Waals surface area contributed by atoms with E-state index in [0.717, 1.165) is 14.8 Å². The fourth-order valence-corrected chi connectivity index (χ4v) is 4.03. The number of fused-ring (bicyclic) bond motifs is 1. The van der Waals surface area contributed by atoms with Crippen LogP contribution in [0.15, 0.2) is 47.8 Å². The molecule has 136 valence electrons. The number of halogens is 2. The number of nitrogens with zero attached hydrogens (tertiary/aromatic N) is 1. The standard InChI is InChI=1S/C19H13FIN3O2S/c20-11-3-6-13-14(8-17(25)22-15(13)7-11)18(26)24-19-23-16(9-27-19)10-1-4-12(21)5-2-10/h1-7,9,14H,8H2,(H,22,25)(H,23,24,26). The lowest BCUT2D eigenvalue weighted by molar-refractivity contribution is -0.123. The molecule has 27 heavy (non-hydrogen) atoms. The Kier molecular flexibility index (Phi) is 4.92. The van der Waals surface area contributed by atoms with Crippen LogP contribution in [-0.4, -0.2) is 16.8 Å². The van der Waals surface area contributed by atoms with Gasteiger partial charge in [-0.25, -0.2) is 9.37 Å². The summed E-state index contributed by atoms with van der Waals surface area (Å²) >= 11 is 3.55. The number of hydrogen-bond donors (Lipinski definition) is 2. The molecule has 8 heteroatoms. The van der Waals surface area contributed by atoms with Gasteiger partial charge in [-0.05, 0) is 52.4 Å². The van der Waals surface area contributed by atoms with E-state index in [2.05, 4.69) is 38.2 Å². The van der Waals surface area contributed by atoms with E-state index in [1.54, 1.807) is 0 Å². The van der Waals surface area contributed by atoms with Crippen molar-refractivity contribution in [2.24, 2.45) is 0 Å². The van der Waals surface area contributed by atoms with Crippen LogP contribution in [0.2, 0.25) is 0 Å². The number of carbonyl (C=O) groups excluding carboxylic acids is 2. The van der Waals surface area contributed by atoms with E-state index in [4.69, 9.17) is 0 Å². The first-order chi connectivity index (χ1) is 13.0. The molecule has 5 nitrogen and oxygen atoms in total. The van der Waals surface area contributed by atoms with Crippen LogP contribution in [0.4, 0.5) is 15.2 Å². The first-order valence-electron chi connectivity index (χ1n) is 8.11. The molecule has 3 aromatic rings. The Morgan fingerprint density at radius 2 is 2.04 bits per heavy atom. The Morgan fingerprint density at radius 1 is 1.26 bits per heavy atom. The molecule has 2 N–H and O–H groups in total. The highest BCUT2D eigenvalue weighted by atomic mass is 127. The van der Waals surface area contributed by atoms with Crippen molar-refractivity contribution in [3.05, 3.63) is 62.8 Å². The molecule has 2 heterocycles. The van der Waals surface area contributed by atoms with Gasteiger partial charge in [0, 0.05) is 26.6 Å². The SMILES string of the molecule is O=C1CC(C(=O)Nc2nc(-c3ccc(I)cc3)cs2)c2ccc(F)cc2N1. The minimum Gasteiger partial charge on any atom is -0.326 e. The monoisotopic (exact) mass is 493 g/mol. The van der Waals surface area contributed by atoms with E-state index in [9.17, 15) is 14.0 Å². The van der Waals surface area contributed by atoms with Gasteiger partial charge in [0.2, 0.25) is 11.8 Å². The van der Waals surface area contributed by atoms with Crippen molar-refractivity contribution in [2.75, 3.05) is 10.6 Å². The summed E-state index contributed by atoms with van der Waals surface area (Å²) in [6, 6.07) is 12.0. The lowest BCUT2D eigenvalue weighted by Crippen LogP contribution is -2.30. The van der Waals surface area contributed by atoms with Gasteiger partial charge in [0.25, 0.3) is 0 Å². The summed E-state index contributed by atoms with van der Waals surface area (Å²) in [6.07, 6.45) is 0.0137. The largest absolute Gasteiger partial charge is 0.326 e. The summed E-state index contributed by atoms with van der Waals surface area (Å²) < 4.78 is 14.6. The van der Waals surface area contributed by atoms with Crippen LogP contribution in [0.3, 0.4) is 0 Å². The second-order valence-corrected chi connectivity index (χ2v) is 8.17. The quantitative estimate of drug-likeness (QED) is 0.524. The van der Waals surface area contributed by atoms with Crippen molar-refractivity contribution in [3.63, 3.8) is 0 Å². The lowest BCUT2D eigenvalue weighted by Gasteiger charge is -2.24. The molecular weight excluding hydrogens is 480 g/mol. The highest BCUT2D eigenvalue weighted by Crippen LogP contribution is 2.34. The number of hydrogen-bond acceptors (Lipinski definition) is 4. The maximum atomic E-state index is 13.4. The van der Waals surface area contributed by atoms with Crippen molar-refractivity contribution < 1.29 is 14.0 Å². The Hall–Kier alpha value is -2.33. The number of thiazole rings is 1. The van der Waals surface area contributed by atoms with Gasteiger partial charge < -0.3 is 10.6 Å². The second kappa shape index (κ2) is 7.35. The molecule has 1 aliphatic heterocycles. The molecule has 0 fully saturated rings. The maximum absolute atomic E-state index is 13.4. The molecular formula is C19H13FIN3O2S. The van der Waals surface area contributed by atoms with Crippen LogP contribution in [0.5, 0.6) is 0 Å². The molecule has 0 bridgehead atoms. The number of benzene rings is 2. The van der Waals surface area contributed by atoms with Crippen molar-refractivity contribution in [1.29, 1.82) is 0 Å². The summed E-state index contributed by atoms with van der Waals surface area (Å²) in [5.74, 6) is -1.79. The van der Waals surface area contributed by atoms with Gasteiger partial charge in [-0.2, -0.15) is 0 Å². The first-order valence-corrected chi connectivity index (χ1v) is 10.1. The minimum atomic E-state index is -0.681. The number of amides is 2. The Balaban J connectivity index is 1.55. The number of rotatable bonds is 3. The van der Waals surface area contributed by atoms with Gasteiger partial charge in [-0.3, -0.25) is 9.59 Å². The highest BCUT2D eigenvalue weighted by molar-refractivity contribution is 14.1. The molecule has 2 amide bonds. The molecule has 1 unspecified atom stereocenters. The summed E-state index contributed by atoms with van der Waals surface area (Å²) in [5, 5.41) is 7.72. The predicted molar refractivity (Wildman–Crippen MR) is 111 cm³/mol. The smallest absolute Gasteiger partial charge is 0.234 e. The number of nitrogens with one attached hydrogen (secondary N) is 2. The third-order valence-corrected chi connectivity index (χ3v) is 5.72. The van der Waals surface area contributed by atoms with Crippen molar-refractivity contribution in [1.82, 2.24) is 4.98 Å². The molecule has 4 rings (SSSR count). The van der Waals surface area contributed by atoms with E-state index < -0.39 is 11.7 Å². The number of anilines is 2. The van der Waals surface area contributed by atoms with Gasteiger partial charge in [0.05, 0.1) is 11.6 Å². The van der Waals surface area contributed by atoms with E-state index in [1.165, 1.54) is 29.5 Å². The molecule has 1 aromatic heterocycles. The zero-order valence-electron chi connectivity index (χ0n) is 13.8. The Morgan fingerprint density at radius 3 is 2.81 bits per heavy atom. The third-order valence-electron chi connectivity index (χ3n) is 4.25. The predicted octanol–water partition coefficient (Wildman–Crippen LogP) is 4.62. The minimum absolute atomic E-state index is 0.0137. The van der Waals surface area contributed by atoms with Crippen LogP contribution < -0.4 is 10.6 Å². The normalized spacial score (nSPS) is 15.8. The van der Waals surface area contributed by atoms with Crippen molar-refractivity contribution >= 4 is 56.6 Å². The van der Waals surface area contributed by atoms with Gasteiger partial charge in [-0.15, -0.1) is 11.3 Å². The molecule has 0 spiro atoms. The highest BCUT2D eigenvalue weighted by Gasteiger charge is 2.31. The summed E-state index contributed by atoms with van der Waals surface area (Å²) in [4.78, 5) is 29.1. The fourth-order valence-electron chi connectivity index (χ4n) is 2.95. The van der Waals surface area contributed by atoms with Crippen LogP contribution in [0.25, 0.3) is 11.3 Å². The molecule has 0 radical (unpaired) electrons. The second-order valence-electron chi connectivity index (χ2n) is 6.07. The molecule has 1 atom stereocenters. The van der Waals surface area contributed by atoms with Gasteiger partial charge in [-0.1, -0.05) is 18.2 Å². The van der Waals surface area contributed by atoms with E-state index in [1.807, 2.05) is 29.6 Å². The van der Waals surface area contributed by atoms with Gasteiger partial charge in [0.1, 0.15) is 5.82 Å². The van der Waals surface area contributed by atoms with Crippen LogP contribution in [0, 0.1) is 9.39 Å². The summed E-state index contributed by atoms with van der Waals surface area (Å²) in [5.41, 5.74) is 2.67. The average Bonchev–Trinajstić information content (AvgIpc) is 3.09. The molecule has 0 saturated heterocycles. The molecule has 0 saturated carbocycles. The van der Waals surface area contributed by atoms with Crippen molar-refractivity contribution in [2.45, 2.75) is 12.3 Å². The average molecular weight is 493 g/mol. The zero-order valence-corrected chi connectivity index (χ0v) is 16.8. The lowest BCUT2D eigenvalue weighted by atomic mass is 9.90. The molecule has 0 aliphatic carbocycles. The van der Waals surface area contributed by atoms with E-state index in [0.29, 0.717) is 16.4 Å². The fraction of sp³-hybridized carbons (Fsp3) is 0.105. The van der Waals surface area contributed by atoms with E-state index >= 15 is 0 Å². The van der Waals surface area contributed by atoms with Gasteiger partial charge in [0.15, 0.2) is 5.13 Å². The Labute approximate surface area is 172 Å².